The molecule has 0 unspecified atom stereocenters. The summed E-state index contributed by atoms with van der Waals surface area (Å²) in [6.45, 7) is 3.12. The molecule has 0 bridgehead atoms. The number of hydrogen-bond donors (Lipinski definition) is 1. The summed E-state index contributed by atoms with van der Waals surface area (Å²) in [6.07, 6.45) is 0. The van der Waals surface area contributed by atoms with E-state index in [1.165, 1.54) is 0 Å². The van der Waals surface area contributed by atoms with Gasteiger partial charge in [-0.15, -0.1) is 0 Å². The van der Waals surface area contributed by atoms with Crippen molar-refractivity contribution in [2.24, 2.45) is 5.73 Å². The molecule has 1 aromatic carbocycles. The molecule has 0 spiro atoms. The van der Waals surface area contributed by atoms with E-state index in [-0.39, 0.29) is 0 Å². The quantitative estimate of drug-likeness (QED) is 0.710. The highest BCUT2D eigenvalue weighted by Gasteiger charge is 2.14. The van der Waals surface area contributed by atoms with E-state index in [2.05, 4.69) is 0 Å². The van der Waals surface area contributed by atoms with Crippen molar-refractivity contribution >= 4 is 17.2 Å². The van der Waals surface area contributed by atoms with Gasteiger partial charge in [0.25, 0.3) is 0 Å². The first-order valence-corrected chi connectivity index (χ1v) is 4.79. The number of fused-ring (bicyclic) bond motifs is 1. The normalized spacial score (nSPS) is 13.8. The molecule has 4 heteroatoms. The van der Waals surface area contributed by atoms with E-state index < -0.39 is 0 Å². The van der Waals surface area contributed by atoms with Gasteiger partial charge in [-0.2, -0.15) is 0 Å². The zero-order valence-corrected chi connectivity index (χ0v) is 8.69. The molecule has 0 saturated heterocycles. The maximum atomic E-state index is 5.58. The number of nitrogens with two attached hydrogens (primary N) is 1. The number of thiocarbonyl (C=S) groups is 1. The first-order chi connectivity index (χ1) is 6.68. The molecule has 0 aromatic heterocycles. The molecule has 2 N–H and O–H groups in total. The van der Waals surface area contributed by atoms with E-state index in [1.54, 1.807) is 0 Å². The van der Waals surface area contributed by atoms with E-state index in [0.717, 1.165) is 22.6 Å². The lowest BCUT2D eigenvalue weighted by Gasteiger charge is -2.20. The highest BCUT2D eigenvalue weighted by atomic mass is 32.1. The summed E-state index contributed by atoms with van der Waals surface area (Å²) in [5.41, 5.74) is 7.45. The van der Waals surface area contributed by atoms with Crippen LogP contribution < -0.4 is 15.2 Å². The van der Waals surface area contributed by atoms with Gasteiger partial charge in [0.15, 0.2) is 11.5 Å². The summed E-state index contributed by atoms with van der Waals surface area (Å²) in [7, 11) is 0. The molecule has 1 aliphatic rings. The third-order valence-corrected chi connectivity index (χ3v) is 2.37. The molecule has 1 aliphatic heterocycles. The first-order valence-electron chi connectivity index (χ1n) is 4.38. The molecule has 1 heterocycles. The minimum Gasteiger partial charge on any atom is -0.486 e. The lowest BCUT2D eigenvalue weighted by Crippen LogP contribution is -2.17. The van der Waals surface area contributed by atoms with E-state index >= 15 is 0 Å². The van der Waals surface area contributed by atoms with Crippen molar-refractivity contribution in [2.45, 2.75) is 6.92 Å². The van der Waals surface area contributed by atoms with Gasteiger partial charge in [-0.3, -0.25) is 0 Å². The molecule has 1 aromatic rings. The standard InChI is InChI=1S/C10H11NO2S/c1-6-4-8-9(13-3-2-12-8)5-7(6)10(11)14/h4-5H,2-3H2,1H3,(H2,11,14). The van der Waals surface area contributed by atoms with Crippen LogP contribution in [0.15, 0.2) is 12.1 Å². The molecule has 0 radical (unpaired) electrons. The van der Waals surface area contributed by atoms with Crippen molar-refractivity contribution in [3.63, 3.8) is 0 Å². The van der Waals surface area contributed by atoms with Crippen LogP contribution in [0.5, 0.6) is 11.5 Å². The van der Waals surface area contributed by atoms with Gasteiger partial charge in [0.2, 0.25) is 0 Å². The second kappa shape index (κ2) is 3.46. The molecule has 74 valence electrons. The fourth-order valence-electron chi connectivity index (χ4n) is 1.46. The van der Waals surface area contributed by atoms with Crippen molar-refractivity contribution in [3.05, 3.63) is 23.3 Å². The summed E-state index contributed by atoms with van der Waals surface area (Å²) in [4.78, 5) is 0.388. The molecule has 0 atom stereocenters. The second-order valence-corrected chi connectivity index (χ2v) is 3.61. The molecule has 0 fully saturated rings. The van der Waals surface area contributed by atoms with E-state index in [1.807, 2.05) is 19.1 Å². The van der Waals surface area contributed by atoms with Crippen LogP contribution in [0.3, 0.4) is 0 Å². The maximum absolute atomic E-state index is 5.58. The summed E-state index contributed by atoms with van der Waals surface area (Å²) >= 11 is 4.94. The summed E-state index contributed by atoms with van der Waals surface area (Å²) < 4.78 is 10.9. The average Bonchev–Trinajstić information content (AvgIpc) is 2.16. The Morgan fingerprint density at radius 3 is 2.43 bits per heavy atom. The molecule has 3 nitrogen and oxygen atoms in total. The Hall–Kier alpha value is -1.29. The summed E-state index contributed by atoms with van der Waals surface area (Å²) in [5.74, 6) is 1.50. The van der Waals surface area contributed by atoms with Crippen molar-refractivity contribution in [2.75, 3.05) is 13.2 Å². The molecular weight excluding hydrogens is 198 g/mol. The van der Waals surface area contributed by atoms with Gasteiger partial charge in [0.1, 0.15) is 18.2 Å². The van der Waals surface area contributed by atoms with Gasteiger partial charge in [0, 0.05) is 5.56 Å². The predicted octanol–water partition coefficient (Wildman–Crippen LogP) is 1.40. The lowest BCUT2D eigenvalue weighted by molar-refractivity contribution is 0.171. The Labute approximate surface area is 87.8 Å². The zero-order chi connectivity index (χ0) is 10.1. The van der Waals surface area contributed by atoms with Gasteiger partial charge >= 0.3 is 0 Å². The fraction of sp³-hybridized carbons (Fsp3) is 0.300. The Kier molecular flexibility index (Phi) is 2.29. The Morgan fingerprint density at radius 1 is 1.29 bits per heavy atom. The molecule has 0 saturated carbocycles. The Bertz CT molecular complexity index is 390. The van der Waals surface area contributed by atoms with Gasteiger partial charge in [-0.05, 0) is 24.6 Å². The molecule has 0 aliphatic carbocycles. The topological polar surface area (TPSA) is 44.5 Å². The number of ether oxygens (including phenoxy) is 2. The van der Waals surface area contributed by atoms with E-state index in [4.69, 9.17) is 27.4 Å². The van der Waals surface area contributed by atoms with Crippen molar-refractivity contribution < 1.29 is 9.47 Å². The van der Waals surface area contributed by atoms with Crippen LogP contribution in [0.1, 0.15) is 11.1 Å². The average molecular weight is 209 g/mol. The maximum Gasteiger partial charge on any atom is 0.162 e. The number of aryl methyl sites for hydroxylation is 1. The number of hydrogen-bond acceptors (Lipinski definition) is 3. The third-order valence-electron chi connectivity index (χ3n) is 2.15. The Morgan fingerprint density at radius 2 is 1.86 bits per heavy atom. The third kappa shape index (κ3) is 1.53. The number of rotatable bonds is 1. The van der Waals surface area contributed by atoms with Crippen molar-refractivity contribution in [3.8, 4) is 11.5 Å². The smallest absolute Gasteiger partial charge is 0.162 e. The number of benzene rings is 1. The van der Waals surface area contributed by atoms with Crippen molar-refractivity contribution in [1.82, 2.24) is 0 Å². The first kappa shape index (κ1) is 9.27. The fourth-order valence-corrected chi connectivity index (χ4v) is 1.68. The highest BCUT2D eigenvalue weighted by molar-refractivity contribution is 7.80. The van der Waals surface area contributed by atoms with Crippen LogP contribution in [0, 0.1) is 6.92 Å². The van der Waals surface area contributed by atoms with Crippen LogP contribution in [0.25, 0.3) is 0 Å². The van der Waals surface area contributed by atoms with Gasteiger partial charge in [-0.25, -0.2) is 0 Å². The molecule has 14 heavy (non-hydrogen) atoms. The lowest BCUT2D eigenvalue weighted by atomic mass is 10.1. The van der Waals surface area contributed by atoms with E-state index in [9.17, 15) is 0 Å². The van der Waals surface area contributed by atoms with Crippen LogP contribution >= 0.6 is 12.2 Å². The largest absolute Gasteiger partial charge is 0.486 e. The minimum absolute atomic E-state index is 0.388. The van der Waals surface area contributed by atoms with Gasteiger partial charge in [0.05, 0.1) is 0 Å². The van der Waals surface area contributed by atoms with Gasteiger partial charge < -0.3 is 15.2 Å². The van der Waals surface area contributed by atoms with Crippen LogP contribution in [0.4, 0.5) is 0 Å². The predicted molar refractivity (Wildman–Crippen MR) is 58.1 cm³/mol. The monoisotopic (exact) mass is 209 g/mol. The second-order valence-electron chi connectivity index (χ2n) is 3.18. The molecule has 0 amide bonds. The van der Waals surface area contributed by atoms with Crippen LogP contribution in [0.2, 0.25) is 0 Å². The van der Waals surface area contributed by atoms with Crippen LogP contribution in [-0.4, -0.2) is 18.2 Å². The summed E-state index contributed by atoms with van der Waals surface area (Å²) in [6, 6.07) is 3.75. The van der Waals surface area contributed by atoms with Crippen molar-refractivity contribution in [1.29, 1.82) is 0 Å². The van der Waals surface area contributed by atoms with Gasteiger partial charge in [-0.1, -0.05) is 12.2 Å². The zero-order valence-electron chi connectivity index (χ0n) is 7.87. The summed E-state index contributed by atoms with van der Waals surface area (Å²) in [5, 5.41) is 0. The molecular formula is C10H11NO2S. The SMILES string of the molecule is Cc1cc2c(cc1C(N)=S)OCCO2. The van der Waals surface area contributed by atoms with Crippen LogP contribution in [-0.2, 0) is 0 Å². The minimum atomic E-state index is 0.388. The van der Waals surface area contributed by atoms with E-state index in [0.29, 0.717) is 18.2 Å². The molecule has 2 rings (SSSR count). The Balaban J connectivity index is 2.50. The highest BCUT2D eigenvalue weighted by Crippen LogP contribution is 2.32.